The Bertz CT molecular complexity index is 443. The van der Waals surface area contributed by atoms with Crippen molar-refractivity contribution >= 4 is 11.6 Å². The van der Waals surface area contributed by atoms with Gasteiger partial charge in [-0.2, -0.15) is 0 Å². The molecule has 1 aliphatic rings. The SMILES string of the molecule is CNCC1(C(=O)N(C)c2cccc(F)c2)CCC1. The van der Waals surface area contributed by atoms with Crippen molar-refractivity contribution < 1.29 is 9.18 Å². The zero-order valence-corrected chi connectivity index (χ0v) is 10.9. The van der Waals surface area contributed by atoms with Gasteiger partial charge in [0.1, 0.15) is 5.82 Å². The first-order chi connectivity index (χ1) is 8.59. The average Bonchev–Trinajstić information content (AvgIpc) is 2.32. The molecule has 0 atom stereocenters. The van der Waals surface area contributed by atoms with Gasteiger partial charge in [-0.3, -0.25) is 4.79 Å². The van der Waals surface area contributed by atoms with Crippen molar-refractivity contribution in [1.29, 1.82) is 0 Å². The molecule has 0 bridgehead atoms. The molecule has 0 aromatic heterocycles. The summed E-state index contributed by atoms with van der Waals surface area (Å²) in [6, 6.07) is 6.16. The van der Waals surface area contributed by atoms with Crippen molar-refractivity contribution in [2.75, 3.05) is 25.5 Å². The van der Waals surface area contributed by atoms with E-state index in [4.69, 9.17) is 0 Å². The number of benzene rings is 1. The quantitative estimate of drug-likeness (QED) is 0.888. The van der Waals surface area contributed by atoms with E-state index in [1.54, 1.807) is 24.1 Å². The molecule has 4 heteroatoms. The highest BCUT2D eigenvalue weighted by Gasteiger charge is 2.45. The van der Waals surface area contributed by atoms with Gasteiger partial charge in [0.25, 0.3) is 0 Å². The molecule has 1 aliphatic carbocycles. The molecule has 0 heterocycles. The van der Waals surface area contributed by atoms with E-state index in [1.165, 1.54) is 12.1 Å². The van der Waals surface area contributed by atoms with E-state index in [-0.39, 0.29) is 17.1 Å². The molecule has 18 heavy (non-hydrogen) atoms. The van der Waals surface area contributed by atoms with Crippen LogP contribution in [0.4, 0.5) is 10.1 Å². The van der Waals surface area contributed by atoms with Gasteiger partial charge < -0.3 is 10.2 Å². The lowest BCUT2D eigenvalue weighted by atomic mass is 9.67. The highest BCUT2D eigenvalue weighted by Crippen LogP contribution is 2.42. The number of hydrogen-bond donors (Lipinski definition) is 1. The number of anilines is 1. The molecule has 1 aromatic carbocycles. The number of hydrogen-bond acceptors (Lipinski definition) is 2. The van der Waals surface area contributed by atoms with Crippen LogP contribution < -0.4 is 10.2 Å². The van der Waals surface area contributed by atoms with Gasteiger partial charge in [-0.15, -0.1) is 0 Å². The van der Waals surface area contributed by atoms with Gasteiger partial charge in [-0.25, -0.2) is 4.39 Å². The third-order valence-electron chi connectivity index (χ3n) is 3.78. The van der Waals surface area contributed by atoms with E-state index in [1.807, 2.05) is 7.05 Å². The Balaban J connectivity index is 2.18. The maximum absolute atomic E-state index is 13.2. The van der Waals surface area contributed by atoms with Gasteiger partial charge in [-0.1, -0.05) is 12.5 Å². The minimum Gasteiger partial charge on any atom is -0.319 e. The molecule has 0 unspecified atom stereocenters. The molecule has 0 saturated heterocycles. The van der Waals surface area contributed by atoms with Gasteiger partial charge in [0.05, 0.1) is 5.41 Å². The van der Waals surface area contributed by atoms with E-state index >= 15 is 0 Å². The average molecular weight is 250 g/mol. The predicted molar refractivity (Wildman–Crippen MR) is 70.0 cm³/mol. The van der Waals surface area contributed by atoms with Crippen LogP contribution in [-0.2, 0) is 4.79 Å². The summed E-state index contributed by atoms with van der Waals surface area (Å²) >= 11 is 0. The van der Waals surface area contributed by atoms with Crippen LogP contribution in [0.15, 0.2) is 24.3 Å². The van der Waals surface area contributed by atoms with E-state index < -0.39 is 0 Å². The Morgan fingerprint density at radius 2 is 2.22 bits per heavy atom. The molecule has 0 aliphatic heterocycles. The second-order valence-electron chi connectivity index (χ2n) is 5.01. The molecule has 3 nitrogen and oxygen atoms in total. The molecule has 98 valence electrons. The van der Waals surface area contributed by atoms with Crippen molar-refractivity contribution in [2.24, 2.45) is 5.41 Å². The number of nitrogens with one attached hydrogen (secondary N) is 1. The van der Waals surface area contributed by atoms with Crippen molar-refractivity contribution in [3.8, 4) is 0 Å². The van der Waals surface area contributed by atoms with Crippen molar-refractivity contribution in [3.63, 3.8) is 0 Å². The van der Waals surface area contributed by atoms with Crippen LogP contribution >= 0.6 is 0 Å². The van der Waals surface area contributed by atoms with E-state index in [0.29, 0.717) is 12.2 Å². The smallest absolute Gasteiger partial charge is 0.234 e. The number of rotatable bonds is 4. The molecule has 0 spiro atoms. The molecule has 1 fully saturated rings. The number of nitrogens with zero attached hydrogens (tertiary/aromatic N) is 1. The highest BCUT2D eigenvalue weighted by molar-refractivity contribution is 5.97. The topological polar surface area (TPSA) is 32.3 Å². The maximum atomic E-state index is 13.2. The summed E-state index contributed by atoms with van der Waals surface area (Å²) in [6.07, 6.45) is 2.91. The molecule has 1 saturated carbocycles. The van der Waals surface area contributed by atoms with Gasteiger partial charge in [0.15, 0.2) is 0 Å². The number of amides is 1. The monoisotopic (exact) mass is 250 g/mol. The lowest BCUT2D eigenvalue weighted by Gasteiger charge is -2.42. The van der Waals surface area contributed by atoms with Crippen LogP contribution in [0.25, 0.3) is 0 Å². The Morgan fingerprint density at radius 1 is 1.50 bits per heavy atom. The molecule has 1 aromatic rings. The fourth-order valence-electron chi connectivity index (χ4n) is 2.57. The molecular weight excluding hydrogens is 231 g/mol. The first-order valence-electron chi connectivity index (χ1n) is 6.27. The second-order valence-corrected chi connectivity index (χ2v) is 5.01. The van der Waals surface area contributed by atoms with Crippen LogP contribution in [0, 0.1) is 11.2 Å². The molecule has 1 N–H and O–H groups in total. The first kappa shape index (κ1) is 13.0. The maximum Gasteiger partial charge on any atom is 0.234 e. The highest BCUT2D eigenvalue weighted by atomic mass is 19.1. The third-order valence-corrected chi connectivity index (χ3v) is 3.78. The summed E-state index contributed by atoms with van der Waals surface area (Å²) < 4.78 is 13.2. The van der Waals surface area contributed by atoms with E-state index in [9.17, 15) is 9.18 Å². The van der Waals surface area contributed by atoms with Gasteiger partial charge in [0, 0.05) is 19.3 Å². The van der Waals surface area contributed by atoms with Crippen molar-refractivity contribution in [1.82, 2.24) is 5.32 Å². The zero-order chi connectivity index (χ0) is 13.2. The molecule has 1 amide bonds. The van der Waals surface area contributed by atoms with Gasteiger partial charge in [0.2, 0.25) is 5.91 Å². The van der Waals surface area contributed by atoms with Crippen molar-refractivity contribution in [3.05, 3.63) is 30.1 Å². The summed E-state index contributed by atoms with van der Waals surface area (Å²) in [4.78, 5) is 14.1. The van der Waals surface area contributed by atoms with Gasteiger partial charge in [-0.05, 0) is 38.1 Å². The molecule has 2 rings (SSSR count). The minimum absolute atomic E-state index is 0.0775. The standard InChI is InChI=1S/C14H19FN2O/c1-16-10-14(7-4-8-14)13(18)17(2)12-6-3-5-11(15)9-12/h3,5-6,9,16H,4,7-8,10H2,1-2H3. The van der Waals surface area contributed by atoms with Crippen LogP contribution in [0.3, 0.4) is 0 Å². The zero-order valence-electron chi connectivity index (χ0n) is 10.9. The number of carbonyl (C=O) groups is 1. The first-order valence-corrected chi connectivity index (χ1v) is 6.27. The fraction of sp³-hybridized carbons (Fsp3) is 0.500. The van der Waals surface area contributed by atoms with Crippen LogP contribution in [0.2, 0.25) is 0 Å². The van der Waals surface area contributed by atoms with Crippen LogP contribution in [0.5, 0.6) is 0 Å². The summed E-state index contributed by atoms with van der Waals surface area (Å²) in [5.41, 5.74) is 0.317. The molecular formula is C14H19FN2O. The Morgan fingerprint density at radius 3 is 2.72 bits per heavy atom. The summed E-state index contributed by atoms with van der Waals surface area (Å²) in [7, 11) is 3.57. The minimum atomic E-state index is -0.316. The van der Waals surface area contributed by atoms with E-state index in [2.05, 4.69) is 5.32 Å². The van der Waals surface area contributed by atoms with Crippen LogP contribution in [0.1, 0.15) is 19.3 Å². The van der Waals surface area contributed by atoms with Crippen molar-refractivity contribution in [2.45, 2.75) is 19.3 Å². The summed E-state index contributed by atoms with van der Waals surface area (Å²) in [5.74, 6) is -0.239. The Labute approximate surface area is 107 Å². The number of halogens is 1. The lowest BCUT2D eigenvalue weighted by molar-refractivity contribution is -0.132. The Kier molecular flexibility index (Phi) is 3.66. The number of carbonyl (C=O) groups excluding carboxylic acids is 1. The lowest BCUT2D eigenvalue weighted by Crippen LogP contribution is -2.51. The molecule has 0 radical (unpaired) electrons. The summed E-state index contributed by atoms with van der Waals surface area (Å²) in [6.45, 7) is 0.686. The summed E-state index contributed by atoms with van der Waals surface area (Å²) in [5, 5.41) is 3.09. The largest absolute Gasteiger partial charge is 0.319 e. The second kappa shape index (κ2) is 5.06. The predicted octanol–water partition coefficient (Wildman–Crippen LogP) is 2.18. The fourth-order valence-corrected chi connectivity index (χ4v) is 2.57. The Hall–Kier alpha value is -1.42. The van der Waals surface area contributed by atoms with E-state index in [0.717, 1.165) is 19.3 Å². The van der Waals surface area contributed by atoms with Gasteiger partial charge >= 0.3 is 0 Å². The van der Waals surface area contributed by atoms with Crippen LogP contribution in [-0.4, -0.2) is 26.5 Å². The normalized spacial score (nSPS) is 17.1. The third kappa shape index (κ3) is 2.25.